The van der Waals surface area contributed by atoms with Crippen LogP contribution in [0.2, 0.25) is 0 Å². The number of halogens is 1. The van der Waals surface area contributed by atoms with Gasteiger partial charge in [-0.1, -0.05) is 12.1 Å². The molecule has 0 aliphatic carbocycles. The van der Waals surface area contributed by atoms with Gasteiger partial charge in [-0.25, -0.2) is 4.39 Å². The summed E-state index contributed by atoms with van der Waals surface area (Å²) in [7, 11) is 0. The van der Waals surface area contributed by atoms with Crippen molar-refractivity contribution >= 4 is 5.69 Å². The van der Waals surface area contributed by atoms with E-state index in [1.54, 1.807) is 12.1 Å². The van der Waals surface area contributed by atoms with Crippen LogP contribution < -0.4 is 14.8 Å². The third-order valence-electron chi connectivity index (χ3n) is 3.39. The Kier molecular flexibility index (Phi) is 3.95. The fourth-order valence-electron chi connectivity index (χ4n) is 2.49. The molecule has 1 unspecified atom stereocenters. The summed E-state index contributed by atoms with van der Waals surface area (Å²) in [6, 6.07) is 12.7. The van der Waals surface area contributed by atoms with E-state index >= 15 is 0 Å². The molecule has 0 aromatic heterocycles. The van der Waals surface area contributed by atoms with Crippen LogP contribution in [0.4, 0.5) is 10.1 Å². The molecule has 0 saturated heterocycles. The Bertz CT molecular complexity index is 630. The smallest absolute Gasteiger partial charge is 0.163 e. The summed E-state index contributed by atoms with van der Waals surface area (Å²) >= 11 is 0. The van der Waals surface area contributed by atoms with Gasteiger partial charge in [-0.3, -0.25) is 0 Å². The van der Waals surface area contributed by atoms with E-state index in [1.165, 1.54) is 6.07 Å². The quantitative estimate of drug-likeness (QED) is 0.931. The second-order valence-electron chi connectivity index (χ2n) is 5.24. The van der Waals surface area contributed by atoms with Crippen molar-refractivity contribution in [1.29, 1.82) is 0 Å². The van der Waals surface area contributed by atoms with E-state index in [0.717, 1.165) is 29.2 Å². The standard InChI is InChI=1S/C17H18FNO2/c1-12(9-13-3-2-4-14(18)10-13)19-15-5-6-16-17(11-15)21-8-7-20-16/h2-6,10-12,19H,7-9H2,1H3. The average Bonchev–Trinajstić information content (AvgIpc) is 2.47. The van der Waals surface area contributed by atoms with Gasteiger partial charge in [-0.15, -0.1) is 0 Å². The van der Waals surface area contributed by atoms with Gasteiger partial charge in [0.25, 0.3) is 0 Å². The van der Waals surface area contributed by atoms with Crippen molar-refractivity contribution in [3.63, 3.8) is 0 Å². The molecule has 1 aliphatic rings. The minimum absolute atomic E-state index is 0.189. The Balaban J connectivity index is 1.65. The number of fused-ring (bicyclic) bond motifs is 1. The summed E-state index contributed by atoms with van der Waals surface area (Å²) in [6.07, 6.45) is 0.756. The van der Waals surface area contributed by atoms with Crippen LogP contribution in [0.25, 0.3) is 0 Å². The molecule has 0 radical (unpaired) electrons. The zero-order valence-corrected chi connectivity index (χ0v) is 11.9. The van der Waals surface area contributed by atoms with Gasteiger partial charge < -0.3 is 14.8 Å². The van der Waals surface area contributed by atoms with Crippen LogP contribution in [-0.4, -0.2) is 19.3 Å². The monoisotopic (exact) mass is 287 g/mol. The van der Waals surface area contributed by atoms with E-state index in [-0.39, 0.29) is 11.9 Å². The van der Waals surface area contributed by atoms with Crippen LogP contribution in [0.15, 0.2) is 42.5 Å². The van der Waals surface area contributed by atoms with Crippen molar-refractivity contribution < 1.29 is 13.9 Å². The lowest BCUT2D eigenvalue weighted by molar-refractivity contribution is 0.171. The molecule has 0 spiro atoms. The highest BCUT2D eigenvalue weighted by molar-refractivity contribution is 5.55. The normalized spacial score (nSPS) is 14.6. The number of hydrogen-bond donors (Lipinski definition) is 1. The highest BCUT2D eigenvalue weighted by atomic mass is 19.1. The van der Waals surface area contributed by atoms with Crippen molar-refractivity contribution in [1.82, 2.24) is 0 Å². The Morgan fingerprint density at radius 1 is 1.10 bits per heavy atom. The Hall–Kier alpha value is -2.23. The third-order valence-corrected chi connectivity index (χ3v) is 3.39. The van der Waals surface area contributed by atoms with Crippen LogP contribution in [-0.2, 0) is 6.42 Å². The number of anilines is 1. The lowest BCUT2D eigenvalue weighted by Crippen LogP contribution is -2.19. The van der Waals surface area contributed by atoms with Crippen LogP contribution in [0.3, 0.4) is 0 Å². The zero-order chi connectivity index (χ0) is 14.7. The topological polar surface area (TPSA) is 30.5 Å². The largest absolute Gasteiger partial charge is 0.486 e. The van der Waals surface area contributed by atoms with Gasteiger partial charge in [0.15, 0.2) is 11.5 Å². The maximum Gasteiger partial charge on any atom is 0.163 e. The summed E-state index contributed by atoms with van der Waals surface area (Å²) in [5.74, 6) is 1.35. The highest BCUT2D eigenvalue weighted by Crippen LogP contribution is 2.32. The Morgan fingerprint density at radius 3 is 2.71 bits per heavy atom. The number of nitrogens with one attached hydrogen (secondary N) is 1. The maximum atomic E-state index is 13.2. The first-order valence-corrected chi connectivity index (χ1v) is 7.11. The number of rotatable bonds is 4. The molecule has 2 aromatic rings. The Morgan fingerprint density at radius 2 is 1.90 bits per heavy atom. The van der Waals surface area contributed by atoms with E-state index in [2.05, 4.69) is 12.2 Å². The molecule has 0 amide bonds. The number of ether oxygens (including phenoxy) is 2. The number of hydrogen-bond acceptors (Lipinski definition) is 3. The highest BCUT2D eigenvalue weighted by Gasteiger charge is 2.12. The molecule has 3 nitrogen and oxygen atoms in total. The lowest BCUT2D eigenvalue weighted by Gasteiger charge is -2.21. The first-order valence-electron chi connectivity index (χ1n) is 7.11. The molecule has 1 heterocycles. The lowest BCUT2D eigenvalue weighted by atomic mass is 10.1. The fourth-order valence-corrected chi connectivity index (χ4v) is 2.49. The van der Waals surface area contributed by atoms with Gasteiger partial charge in [0.2, 0.25) is 0 Å². The molecule has 21 heavy (non-hydrogen) atoms. The minimum atomic E-state index is -0.195. The summed E-state index contributed by atoms with van der Waals surface area (Å²) in [5.41, 5.74) is 1.95. The predicted octanol–water partition coefficient (Wildman–Crippen LogP) is 3.64. The maximum absolute atomic E-state index is 13.2. The molecule has 0 fully saturated rings. The summed E-state index contributed by atoms with van der Waals surface area (Å²) in [6.45, 7) is 3.24. The third kappa shape index (κ3) is 3.45. The van der Waals surface area contributed by atoms with Gasteiger partial charge in [0.05, 0.1) is 0 Å². The number of benzene rings is 2. The summed E-state index contributed by atoms with van der Waals surface area (Å²) in [5, 5.41) is 3.40. The summed E-state index contributed by atoms with van der Waals surface area (Å²) in [4.78, 5) is 0. The average molecular weight is 287 g/mol. The van der Waals surface area contributed by atoms with E-state index in [9.17, 15) is 4.39 Å². The van der Waals surface area contributed by atoms with Crippen LogP contribution in [0.5, 0.6) is 11.5 Å². The zero-order valence-electron chi connectivity index (χ0n) is 11.9. The first kappa shape index (κ1) is 13.7. The molecular formula is C17H18FNO2. The van der Waals surface area contributed by atoms with Crippen LogP contribution in [0.1, 0.15) is 12.5 Å². The molecule has 1 aliphatic heterocycles. The van der Waals surface area contributed by atoms with Crippen molar-refractivity contribution in [3.05, 3.63) is 53.8 Å². The van der Waals surface area contributed by atoms with E-state index < -0.39 is 0 Å². The van der Waals surface area contributed by atoms with Gasteiger partial charge >= 0.3 is 0 Å². The van der Waals surface area contributed by atoms with Gasteiger partial charge in [-0.2, -0.15) is 0 Å². The molecule has 0 saturated carbocycles. The van der Waals surface area contributed by atoms with E-state index in [1.807, 2.05) is 24.3 Å². The van der Waals surface area contributed by atoms with Crippen molar-refractivity contribution in [2.24, 2.45) is 0 Å². The Labute approximate surface area is 123 Å². The van der Waals surface area contributed by atoms with Crippen molar-refractivity contribution in [2.75, 3.05) is 18.5 Å². The summed E-state index contributed by atoms with van der Waals surface area (Å²) < 4.78 is 24.2. The molecule has 4 heteroatoms. The van der Waals surface area contributed by atoms with Gasteiger partial charge in [-0.05, 0) is 43.2 Å². The second-order valence-corrected chi connectivity index (χ2v) is 5.24. The van der Waals surface area contributed by atoms with Crippen molar-refractivity contribution in [2.45, 2.75) is 19.4 Å². The molecule has 110 valence electrons. The molecule has 0 bridgehead atoms. The fraction of sp³-hybridized carbons (Fsp3) is 0.294. The van der Waals surface area contributed by atoms with Crippen LogP contribution in [0, 0.1) is 5.82 Å². The van der Waals surface area contributed by atoms with Crippen molar-refractivity contribution in [3.8, 4) is 11.5 Å². The SMILES string of the molecule is CC(Cc1cccc(F)c1)Nc1ccc2c(c1)OCCO2. The minimum Gasteiger partial charge on any atom is -0.486 e. The van der Waals surface area contributed by atoms with Gasteiger partial charge in [0, 0.05) is 17.8 Å². The predicted molar refractivity (Wildman–Crippen MR) is 80.6 cm³/mol. The first-order chi connectivity index (χ1) is 10.2. The van der Waals surface area contributed by atoms with E-state index in [4.69, 9.17) is 9.47 Å². The van der Waals surface area contributed by atoms with E-state index in [0.29, 0.717) is 13.2 Å². The molecule has 2 aromatic carbocycles. The van der Waals surface area contributed by atoms with Gasteiger partial charge in [0.1, 0.15) is 19.0 Å². The molecule has 3 rings (SSSR count). The molecule has 1 atom stereocenters. The molecule has 1 N–H and O–H groups in total. The van der Waals surface area contributed by atoms with Crippen LogP contribution >= 0.6 is 0 Å². The second kappa shape index (κ2) is 6.04. The molecular weight excluding hydrogens is 269 g/mol.